The van der Waals surface area contributed by atoms with Crippen LogP contribution in [0.5, 0.6) is 5.75 Å². The molecule has 1 aromatic carbocycles. The summed E-state index contributed by atoms with van der Waals surface area (Å²) in [4.78, 5) is 7.86. The summed E-state index contributed by atoms with van der Waals surface area (Å²) in [5.74, 6) is -0.0339. The van der Waals surface area contributed by atoms with E-state index in [1.165, 1.54) is 12.4 Å². The molecule has 92 valence electrons. The number of nitrogens with zero attached hydrogens (tertiary/aromatic N) is 2. The van der Waals surface area contributed by atoms with Gasteiger partial charge in [-0.1, -0.05) is 0 Å². The number of halogens is 1. The SMILES string of the molecule is NCC1Cc2cc(-c3cncnc3)cc(F)c2O1. The molecule has 1 aromatic heterocycles. The largest absolute Gasteiger partial charge is 0.485 e. The van der Waals surface area contributed by atoms with Gasteiger partial charge in [-0.05, 0) is 17.7 Å². The average Bonchev–Trinajstić information content (AvgIpc) is 2.83. The Kier molecular flexibility index (Phi) is 2.68. The van der Waals surface area contributed by atoms with E-state index < -0.39 is 0 Å². The van der Waals surface area contributed by atoms with E-state index in [-0.39, 0.29) is 11.9 Å². The molecule has 0 saturated heterocycles. The minimum Gasteiger partial charge on any atom is -0.485 e. The van der Waals surface area contributed by atoms with E-state index in [4.69, 9.17) is 10.5 Å². The number of hydrogen-bond donors (Lipinski definition) is 1. The molecular formula is C13H12FN3O. The first kappa shape index (κ1) is 11.1. The number of fused-ring (bicyclic) bond motifs is 1. The van der Waals surface area contributed by atoms with Crippen LogP contribution in [-0.4, -0.2) is 22.6 Å². The molecule has 0 fully saturated rings. The summed E-state index contributed by atoms with van der Waals surface area (Å²) in [5.41, 5.74) is 7.94. The van der Waals surface area contributed by atoms with E-state index in [2.05, 4.69) is 9.97 Å². The van der Waals surface area contributed by atoms with Crippen molar-refractivity contribution in [2.24, 2.45) is 5.73 Å². The molecule has 1 aliphatic heterocycles. The molecule has 0 spiro atoms. The van der Waals surface area contributed by atoms with Crippen molar-refractivity contribution in [3.63, 3.8) is 0 Å². The summed E-state index contributed by atoms with van der Waals surface area (Å²) >= 11 is 0. The lowest BCUT2D eigenvalue weighted by atomic mass is 10.0. The molecule has 0 aliphatic carbocycles. The summed E-state index contributed by atoms with van der Waals surface area (Å²) in [6, 6.07) is 3.35. The highest BCUT2D eigenvalue weighted by molar-refractivity contribution is 5.65. The standard InChI is InChI=1S/C13H12FN3O/c14-12-3-8(10-5-16-7-17-6-10)1-9-2-11(4-15)18-13(9)12/h1,3,5-7,11H,2,4,15H2. The lowest BCUT2D eigenvalue weighted by molar-refractivity contribution is 0.232. The van der Waals surface area contributed by atoms with Crippen LogP contribution in [-0.2, 0) is 6.42 Å². The van der Waals surface area contributed by atoms with E-state index in [1.807, 2.05) is 6.07 Å². The van der Waals surface area contributed by atoms with Crippen LogP contribution in [0.3, 0.4) is 0 Å². The fourth-order valence-electron chi connectivity index (χ4n) is 2.13. The molecule has 0 saturated carbocycles. The van der Waals surface area contributed by atoms with E-state index in [9.17, 15) is 4.39 Å². The Labute approximate surface area is 104 Å². The maximum Gasteiger partial charge on any atom is 0.165 e. The third-order valence-electron chi connectivity index (χ3n) is 3.01. The molecule has 1 aliphatic rings. The van der Waals surface area contributed by atoms with Gasteiger partial charge in [0.05, 0.1) is 0 Å². The molecule has 2 heterocycles. The number of nitrogens with two attached hydrogens (primary N) is 1. The van der Waals surface area contributed by atoms with Crippen LogP contribution in [0, 0.1) is 5.82 Å². The van der Waals surface area contributed by atoms with Crippen molar-refractivity contribution in [3.05, 3.63) is 42.2 Å². The first-order valence-corrected chi connectivity index (χ1v) is 5.72. The van der Waals surface area contributed by atoms with Gasteiger partial charge in [0.1, 0.15) is 12.4 Å². The zero-order valence-corrected chi connectivity index (χ0v) is 9.64. The summed E-state index contributed by atoms with van der Waals surface area (Å²) in [5, 5.41) is 0. The van der Waals surface area contributed by atoms with Crippen LogP contribution in [0.2, 0.25) is 0 Å². The number of aromatic nitrogens is 2. The Morgan fingerprint density at radius 3 is 2.78 bits per heavy atom. The maximum absolute atomic E-state index is 13.9. The summed E-state index contributed by atoms with van der Waals surface area (Å²) in [6.07, 6.45) is 5.27. The van der Waals surface area contributed by atoms with Gasteiger partial charge < -0.3 is 10.5 Å². The van der Waals surface area contributed by atoms with Crippen molar-refractivity contribution in [3.8, 4) is 16.9 Å². The fraction of sp³-hybridized carbons (Fsp3) is 0.231. The topological polar surface area (TPSA) is 61.0 Å². The van der Waals surface area contributed by atoms with E-state index in [1.54, 1.807) is 12.4 Å². The zero-order chi connectivity index (χ0) is 12.5. The number of hydrogen-bond acceptors (Lipinski definition) is 4. The third kappa shape index (κ3) is 1.82. The Hall–Kier alpha value is -2.01. The van der Waals surface area contributed by atoms with Crippen molar-refractivity contribution in [2.75, 3.05) is 6.54 Å². The van der Waals surface area contributed by atoms with Crippen LogP contribution < -0.4 is 10.5 Å². The van der Waals surface area contributed by atoms with E-state index >= 15 is 0 Å². The van der Waals surface area contributed by atoms with Gasteiger partial charge in [0.25, 0.3) is 0 Å². The smallest absolute Gasteiger partial charge is 0.165 e. The molecule has 5 heteroatoms. The van der Waals surface area contributed by atoms with Gasteiger partial charge in [-0.15, -0.1) is 0 Å². The molecule has 1 unspecified atom stereocenters. The second kappa shape index (κ2) is 4.34. The van der Waals surface area contributed by atoms with E-state index in [0.717, 1.165) is 16.7 Å². The predicted octanol–water partition coefficient (Wildman–Crippen LogP) is 1.54. The van der Waals surface area contributed by atoms with Crippen molar-refractivity contribution in [1.29, 1.82) is 0 Å². The monoisotopic (exact) mass is 245 g/mol. The first-order valence-electron chi connectivity index (χ1n) is 5.72. The minimum atomic E-state index is -0.359. The van der Waals surface area contributed by atoms with Crippen LogP contribution in [0.1, 0.15) is 5.56 Å². The van der Waals surface area contributed by atoms with Gasteiger partial charge in [0.15, 0.2) is 11.6 Å². The van der Waals surface area contributed by atoms with Crippen molar-refractivity contribution in [2.45, 2.75) is 12.5 Å². The lowest BCUT2D eigenvalue weighted by Crippen LogP contribution is -2.24. The van der Waals surface area contributed by atoms with Crippen LogP contribution in [0.4, 0.5) is 4.39 Å². The van der Waals surface area contributed by atoms with Crippen molar-refractivity contribution < 1.29 is 9.13 Å². The summed E-state index contributed by atoms with van der Waals surface area (Å²) in [7, 11) is 0. The Bertz CT molecular complexity index is 574. The van der Waals surface area contributed by atoms with Crippen molar-refractivity contribution >= 4 is 0 Å². The minimum absolute atomic E-state index is 0.128. The molecule has 1 atom stereocenters. The fourth-order valence-corrected chi connectivity index (χ4v) is 2.13. The van der Waals surface area contributed by atoms with Gasteiger partial charge >= 0.3 is 0 Å². The van der Waals surface area contributed by atoms with Crippen LogP contribution >= 0.6 is 0 Å². The van der Waals surface area contributed by atoms with Gasteiger partial charge in [-0.25, -0.2) is 14.4 Å². The molecule has 4 nitrogen and oxygen atoms in total. The van der Waals surface area contributed by atoms with Gasteiger partial charge in [0.2, 0.25) is 0 Å². The number of rotatable bonds is 2. The lowest BCUT2D eigenvalue weighted by Gasteiger charge is -2.07. The highest BCUT2D eigenvalue weighted by Gasteiger charge is 2.25. The maximum atomic E-state index is 13.9. The van der Waals surface area contributed by atoms with Gasteiger partial charge in [0, 0.05) is 36.5 Å². The van der Waals surface area contributed by atoms with Gasteiger partial charge in [-0.2, -0.15) is 0 Å². The Morgan fingerprint density at radius 2 is 2.06 bits per heavy atom. The normalized spacial score (nSPS) is 17.3. The second-order valence-corrected chi connectivity index (χ2v) is 4.25. The zero-order valence-electron chi connectivity index (χ0n) is 9.64. The average molecular weight is 245 g/mol. The van der Waals surface area contributed by atoms with Gasteiger partial charge in [-0.3, -0.25) is 0 Å². The summed E-state index contributed by atoms with van der Waals surface area (Å²) < 4.78 is 19.4. The third-order valence-corrected chi connectivity index (χ3v) is 3.01. The number of ether oxygens (including phenoxy) is 1. The van der Waals surface area contributed by atoms with Crippen LogP contribution in [0.15, 0.2) is 30.9 Å². The van der Waals surface area contributed by atoms with Crippen LogP contribution in [0.25, 0.3) is 11.1 Å². The summed E-state index contributed by atoms with van der Waals surface area (Å²) in [6.45, 7) is 0.387. The Balaban J connectivity index is 2.04. The van der Waals surface area contributed by atoms with Crippen molar-refractivity contribution in [1.82, 2.24) is 9.97 Å². The molecule has 0 bridgehead atoms. The van der Waals surface area contributed by atoms with E-state index in [0.29, 0.717) is 18.7 Å². The molecule has 18 heavy (non-hydrogen) atoms. The molecule has 2 aromatic rings. The highest BCUT2D eigenvalue weighted by atomic mass is 19.1. The second-order valence-electron chi connectivity index (χ2n) is 4.25. The molecule has 0 amide bonds. The number of benzene rings is 1. The Morgan fingerprint density at radius 1 is 1.28 bits per heavy atom. The predicted molar refractivity (Wildman–Crippen MR) is 64.6 cm³/mol. The molecular weight excluding hydrogens is 233 g/mol. The molecule has 2 N–H and O–H groups in total. The quantitative estimate of drug-likeness (QED) is 0.872. The highest BCUT2D eigenvalue weighted by Crippen LogP contribution is 2.35. The first-order chi connectivity index (χ1) is 8.78. The molecule has 3 rings (SSSR count). The molecule has 0 radical (unpaired) electrons.